The van der Waals surface area contributed by atoms with E-state index in [1.165, 1.54) is 6.20 Å². The molecule has 1 amide bonds. The minimum absolute atomic E-state index is 0.00918. The van der Waals surface area contributed by atoms with Gasteiger partial charge in [-0.2, -0.15) is 5.26 Å². The Kier molecular flexibility index (Phi) is 2.57. The minimum atomic E-state index is -0.142. The SMILES string of the molecule is N#Cc1cc(N2CC(Cl)CC2=O)ccn1. The zero-order chi connectivity index (χ0) is 10.8. The summed E-state index contributed by atoms with van der Waals surface area (Å²) < 4.78 is 0. The second-order valence-corrected chi connectivity index (χ2v) is 3.93. The summed E-state index contributed by atoms with van der Waals surface area (Å²) in [5.41, 5.74) is 0.994. The lowest BCUT2D eigenvalue weighted by Crippen LogP contribution is -2.24. The number of alkyl halides is 1. The van der Waals surface area contributed by atoms with Crippen LogP contribution < -0.4 is 4.90 Å². The molecular weight excluding hydrogens is 214 g/mol. The van der Waals surface area contributed by atoms with Crippen molar-refractivity contribution >= 4 is 23.2 Å². The van der Waals surface area contributed by atoms with E-state index in [-0.39, 0.29) is 11.3 Å². The molecule has 1 unspecified atom stereocenters. The molecule has 4 nitrogen and oxygen atoms in total. The third kappa shape index (κ3) is 1.92. The van der Waals surface area contributed by atoms with Gasteiger partial charge in [-0.05, 0) is 12.1 Å². The summed E-state index contributed by atoms with van der Waals surface area (Å²) in [5, 5.41) is 8.54. The normalized spacial score (nSPS) is 20.4. The summed E-state index contributed by atoms with van der Waals surface area (Å²) in [6, 6.07) is 5.23. The lowest BCUT2D eigenvalue weighted by molar-refractivity contribution is -0.117. The summed E-state index contributed by atoms with van der Waals surface area (Å²) in [4.78, 5) is 16.9. The molecule has 1 aliphatic rings. The molecule has 0 aliphatic carbocycles. The van der Waals surface area contributed by atoms with E-state index in [2.05, 4.69) is 4.98 Å². The lowest BCUT2D eigenvalue weighted by Gasteiger charge is -2.15. The van der Waals surface area contributed by atoms with E-state index in [0.717, 1.165) is 0 Å². The van der Waals surface area contributed by atoms with Crippen molar-refractivity contribution in [3.05, 3.63) is 24.0 Å². The molecule has 5 heteroatoms. The Hall–Kier alpha value is -1.60. The van der Waals surface area contributed by atoms with Gasteiger partial charge in [0.2, 0.25) is 5.91 Å². The first-order chi connectivity index (χ1) is 7.20. The Labute approximate surface area is 92.1 Å². The maximum atomic E-state index is 11.5. The number of halogens is 1. The Morgan fingerprint density at radius 3 is 3.07 bits per heavy atom. The zero-order valence-electron chi connectivity index (χ0n) is 7.85. The number of hydrogen-bond acceptors (Lipinski definition) is 3. The molecule has 0 spiro atoms. The average molecular weight is 222 g/mol. The van der Waals surface area contributed by atoms with Crippen LogP contribution in [0.3, 0.4) is 0 Å². The van der Waals surface area contributed by atoms with Gasteiger partial charge in [0.05, 0.1) is 5.38 Å². The van der Waals surface area contributed by atoms with Crippen LogP contribution in [0.1, 0.15) is 12.1 Å². The Bertz CT molecular complexity index is 441. The number of pyridine rings is 1. The molecule has 0 aromatic carbocycles. The van der Waals surface area contributed by atoms with E-state index >= 15 is 0 Å². The molecule has 1 fully saturated rings. The number of aromatic nitrogens is 1. The number of nitrogens with zero attached hydrogens (tertiary/aromatic N) is 3. The zero-order valence-corrected chi connectivity index (χ0v) is 8.61. The smallest absolute Gasteiger partial charge is 0.228 e. The van der Waals surface area contributed by atoms with E-state index in [4.69, 9.17) is 16.9 Å². The van der Waals surface area contributed by atoms with Crippen molar-refractivity contribution in [3.63, 3.8) is 0 Å². The molecule has 2 heterocycles. The van der Waals surface area contributed by atoms with Crippen LogP contribution in [-0.4, -0.2) is 22.8 Å². The van der Waals surface area contributed by atoms with Gasteiger partial charge < -0.3 is 4.90 Å². The van der Waals surface area contributed by atoms with Crippen molar-refractivity contribution in [1.82, 2.24) is 4.98 Å². The van der Waals surface area contributed by atoms with Gasteiger partial charge in [-0.3, -0.25) is 4.79 Å². The van der Waals surface area contributed by atoms with Crippen LogP contribution in [0.15, 0.2) is 18.3 Å². The number of carbonyl (C=O) groups excluding carboxylic acids is 1. The quantitative estimate of drug-likeness (QED) is 0.672. The number of hydrogen-bond donors (Lipinski definition) is 0. The standard InChI is InChI=1S/C10H8ClN3O/c11-7-3-10(15)14(6-7)9-1-2-13-8(4-9)5-12/h1-2,4,7H,3,6H2. The number of rotatable bonds is 1. The highest BCUT2D eigenvalue weighted by Gasteiger charge is 2.29. The summed E-state index contributed by atoms with van der Waals surface area (Å²) in [7, 11) is 0. The van der Waals surface area contributed by atoms with Crippen molar-refractivity contribution in [1.29, 1.82) is 5.26 Å². The van der Waals surface area contributed by atoms with Crippen molar-refractivity contribution in [2.24, 2.45) is 0 Å². The Balaban J connectivity index is 2.30. The van der Waals surface area contributed by atoms with Crippen molar-refractivity contribution in [2.75, 3.05) is 11.4 Å². The fourth-order valence-corrected chi connectivity index (χ4v) is 1.83. The first-order valence-electron chi connectivity index (χ1n) is 4.51. The highest BCUT2D eigenvalue weighted by atomic mass is 35.5. The molecule has 1 aromatic heterocycles. The summed E-state index contributed by atoms with van der Waals surface area (Å²) in [5.74, 6) is -0.00918. The number of nitriles is 1. The van der Waals surface area contributed by atoms with Crippen LogP contribution in [0.25, 0.3) is 0 Å². The van der Waals surface area contributed by atoms with Crippen LogP contribution in [0.4, 0.5) is 5.69 Å². The molecule has 0 N–H and O–H groups in total. The van der Waals surface area contributed by atoms with Gasteiger partial charge in [-0.1, -0.05) is 0 Å². The van der Waals surface area contributed by atoms with Gasteiger partial charge in [0.25, 0.3) is 0 Å². The van der Waals surface area contributed by atoms with Crippen LogP contribution in [0.5, 0.6) is 0 Å². The molecule has 15 heavy (non-hydrogen) atoms. The van der Waals surface area contributed by atoms with Gasteiger partial charge in [0.15, 0.2) is 0 Å². The molecule has 76 valence electrons. The molecule has 1 atom stereocenters. The first kappa shape index (κ1) is 9.94. The molecule has 0 radical (unpaired) electrons. The highest BCUT2D eigenvalue weighted by molar-refractivity contribution is 6.24. The third-order valence-corrected chi connectivity index (χ3v) is 2.54. The van der Waals surface area contributed by atoms with E-state index in [1.54, 1.807) is 17.0 Å². The van der Waals surface area contributed by atoms with Gasteiger partial charge >= 0.3 is 0 Å². The largest absolute Gasteiger partial charge is 0.311 e. The predicted octanol–water partition coefficient (Wildman–Crippen LogP) is 1.30. The number of amides is 1. The molecule has 0 saturated carbocycles. The maximum absolute atomic E-state index is 11.5. The van der Waals surface area contributed by atoms with Crippen molar-refractivity contribution in [2.45, 2.75) is 11.8 Å². The second kappa shape index (κ2) is 3.87. The van der Waals surface area contributed by atoms with Gasteiger partial charge in [-0.25, -0.2) is 4.98 Å². The maximum Gasteiger partial charge on any atom is 0.228 e. The van der Waals surface area contributed by atoms with Crippen LogP contribution >= 0.6 is 11.6 Å². The van der Waals surface area contributed by atoms with Gasteiger partial charge in [-0.15, -0.1) is 11.6 Å². The summed E-state index contributed by atoms with van der Waals surface area (Å²) in [6.07, 6.45) is 1.87. The monoisotopic (exact) mass is 221 g/mol. The topological polar surface area (TPSA) is 57.0 Å². The third-order valence-electron chi connectivity index (χ3n) is 2.25. The predicted molar refractivity (Wildman–Crippen MR) is 55.6 cm³/mol. The van der Waals surface area contributed by atoms with E-state index < -0.39 is 0 Å². The summed E-state index contributed by atoms with van der Waals surface area (Å²) in [6.45, 7) is 0.495. The van der Waals surface area contributed by atoms with Crippen LogP contribution in [-0.2, 0) is 4.79 Å². The Morgan fingerprint density at radius 1 is 1.67 bits per heavy atom. The van der Waals surface area contributed by atoms with Crippen molar-refractivity contribution in [3.8, 4) is 6.07 Å². The minimum Gasteiger partial charge on any atom is -0.311 e. The van der Waals surface area contributed by atoms with Crippen LogP contribution in [0.2, 0.25) is 0 Å². The number of carbonyl (C=O) groups is 1. The van der Waals surface area contributed by atoms with E-state index in [1.807, 2.05) is 6.07 Å². The molecular formula is C10H8ClN3O. The fourth-order valence-electron chi connectivity index (χ4n) is 1.56. The highest BCUT2D eigenvalue weighted by Crippen LogP contribution is 2.23. The fraction of sp³-hybridized carbons (Fsp3) is 0.300. The summed E-state index contributed by atoms with van der Waals surface area (Å²) >= 11 is 5.88. The molecule has 0 bridgehead atoms. The van der Waals surface area contributed by atoms with Gasteiger partial charge in [0, 0.05) is 24.8 Å². The molecule has 1 aliphatic heterocycles. The first-order valence-corrected chi connectivity index (χ1v) is 4.95. The van der Waals surface area contributed by atoms with E-state index in [0.29, 0.717) is 24.3 Å². The lowest BCUT2D eigenvalue weighted by atomic mass is 10.3. The second-order valence-electron chi connectivity index (χ2n) is 3.32. The van der Waals surface area contributed by atoms with E-state index in [9.17, 15) is 4.79 Å². The number of anilines is 1. The van der Waals surface area contributed by atoms with Crippen molar-refractivity contribution < 1.29 is 4.79 Å². The van der Waals surface area contributed by atoms with Gasteiger partial charge in [0.1, 0.15) is 11.8 Å². The van der Waals surface area contributed by atoms with Crippen LogP contribution in [0, 0.1) is 11.3 Å². The molecule has 1 saturated heterocycles. The average Bonchev–Trinajstić information content (AvgIpc) is 2.58. The molecule has 2 rings (SSSR count). The Morgan fingerprint density at radius 2 is 2.47 bits per heavy atom. The molecule has 1 aromatic rings.